The third-order valence-electron chi connectivity index (χ3n) is 7.25. The number of phenolic OH excluding ortho intramolecular Hbond substituents is 1. The van der Waals surface area contributed by atoms with Crippen LogP contribution in [0.15, 0.2) is 12.1 Å². The molecule has 1 aromatic carbocycles. The molecule has 2 aliphatic carbocycles. The molecule has 0 amide bonds. The van der Waals surface area contributed by atoms with Crippen molar-refractivity contribution in [3.05, 3.63) is 28.8 Å². The molecule has 0 saturated heterocycles. The van der Waals surface area contributed by atoms with E-state index in [1.807, 2.05) is 13.8 Å². The van der Waals surface area contributed by atoms with Crippen LogP contribution in [-0.4, -0.2) is 46.6 Å². The van der Waals surface area contributed by atoms with Crippen LogP contribution in [0.4, 0.5) is 0 Å². The first-order chi connectivity index (χ1) is 13.9. The van der Waals surface area contributed by atoms with Crippen LogP contribution in [0, 0.1) is 11.3 Å². The maximum absolute atomic E-state index is 12.9. The molecule has 0 aromatic heterocycles. The number of carbonyl (C=O) groups is 2. The number of fused-ring (bicyclic) bond motifs is 3. The van der Waals surface area contributed by atoms with Crippen molar-refractivity contribution in [3.63, 3.8) is 0 Å². The Hall–Kier alpha value is -2.12. The molecular formula is C23H32O7. The fourth-order valence-corrected chi connectivity index (χ4v) is 5.76. The van der Waals surface area contributed by atoms with Crippen LogP contribution < -0.4 is 0 Å². The zero-order chi connectivity index (χ0) is 22.6. The number of methoxy groups -OCH3 is 1. The molecule has 0 bridgehead atoms. The summed E-state index contributed by atoms with van der Waals surface area (Å²) in [6.45, 7) is 8.65. The van der Waals surface area contributed by atoms with E-state index >= 15 is 0 Å². The van der Waals surface area contributed by atoms with Gasteiger partial charge >= 0.3 is 11.9 Å². The molecule has 0 spiro atoms. The molecular weight excluding hydrogens is 388 g/mol. The lowest BCUT2D eigenvalue weighted by molar-refractivity contribution is -0.199. The number of esters is 2. The van der Waals surface area contributed by atoms with Crippen LogP contribution >= 0.6 is 0 Å². The van der Waals surface area contributed by atoms with Gasteiger partial charge in [0, 0.05) is 23.8 Å². The highest BCUT2D eigenvalue weighted by Crippen LogP contribution is 2.62. The number of hydrogen-bond donors (Lipinski definition) is 3. The van der Waals surface area contributed by atoms with Crippen LogP contribution in [0.5, 0.6) is 5.75 Å². The molecule has 0 heterocycles. The summed E-state index contributed by atoms with van der Waals surface area (Å²) < 4.78 is 10.7. The Bertz CT molecular complexity index is 863. The SMILES string of the molecule is COC(=O)[C@]1(C)CC[C@H](O)[C@]2(C)c3c(O)cc(C(C)C)cc3[C@H](O)[C@@H](OC(C)=O)[C@@H]21. The van der Waals surface area contributed by atoms with Crippen molar-refractivity contribution in [3.8, 4) is 5.75 Å². The largest absolute Gasteiger partial charge is 0.508 e. The summed E-state index contributed by atoms with van der Waals surface area (Å²) in [6.07, 6.45) is -2.67. The van der Waals surface area contributed by atoms with Crippen molar-refractivity contribution < 1.29 is 34.4 Å². The molecule has 166 valence electrons. The van der Waals surface area contributed by atoms with Gasteiger partial charge in [-0.2, -0.15) is 0 Å². The number of hydrogen-bond acceptors (Lipinski definition) is 7. The summed E-state index contributed by atoms with van der Waals surface area (Å²) in [4.78, 5) is 24.8. The van der Waals surface area contributed by atoms with Crippen LogP contribution in [0.2, 0.25) is 0 Å². The van der Waals surface area contributed by atoms with E-state index in [-0.39, 0.29) is 11.7 Å². The first-order valence-electron chi connectivity index (χ1n) is 10.4. The molecule has 0 unspecified atom stereocenters. The highest BCUT2D eigenvalue weighted by molar-refractivity contribution is 5.78. The van der Waals surface area contributed by atoms with Gasteiger partial charge in [0.1, 0.15) is 18.0 Å². The maximum Gasteiger partial charge on any atom is 0.311 e. The molecule has 0 aliphatic heterocycles. The van der Waals surface area contributed by atoms with Crippen LogP contribution in [0.3, 0.4) is 0 Å². The van der Waals surface area contributed by atoms with E-state index in [4.69, 9.17) is 9.47 Å². The van der Waals surface area contributed by atoms with Gasteiger partial charge in [0.05, 0.1) is 18.6 Å². The van der Waals surface area contributed by atoms with Crippen molar-refractivity contribution in [1.82, 2.24) is 0 Å². The molecule has 1 saturated carbocycles. The molecule has 1 aromatic rings. The van der Waals surface area contributed by atoms with Gasteiger partial charge in [-0.25, -0.2) is 0 Å². The van der Waals surface area contributed by atoms with Crippen molar-refractivity contribution in [2.45, 2.75) is 77.1 Å². The molecule has 7 nitrogen and oxygen atoms in total. The van der Waals surface area contributed by atoms with E-state index in [2.05, 4.69) is 0 Å². The minimum absolute atomic E-state index is 0.0443. The second-order valence-electron chi connectivity index (χ2n) is 9.40. The standard InChI is InChI=1S/C23H32O7/c1-11(2)13-9-14-17(15(25)10-13)23(5)16(26)7-8-22(4,21(28)29-6)20(23)19(18(14)27)30-12(3)24/h9-11,16,18-20,25-27H,7-8H2,1-6H3/t16-,18-,19+,20+,22+,23+/m0/s1. The Morgan fingerprint density at radius 2 is 1.83 bits per heavy atom. The predicted octanol–water partition coefficient (Wildman–Crippen LogP) is 2.70. The first-order valence-corrected chi connectivity index (χ1v) is 10.4. The zero-order valence-corrected chi connectivity index (χ0v) is 18.4. The number of benzene rings is 1. The number of ether oxygens (including phenoxy) is 2. The van der Waals surface area contributed by atoms with Gasteiger partial charge in [-0.05, 0) is 42.9 Å². The summed E-state index contributed by atoms with van der Waals surface area (Å²) in [6, 6.07) is 3.43. The van der Waals surface area contributed by atoms with Crippen molar-refractivity contribution >= 4 is 11.9 Å². The third kappa shape index (κ3) is 3.10. The van der Waals surface area contributed by atoms with Gasteiger partial charge < -0.3 is 24.8 Å². The Labute approximate surface area is 177 Å². The van der Waals surface area contributed by atoms with E-state index in [1.165, 1.54) is 14.0 Å². The zero-order valence-electron chi connectivity index (χ0n) is 18.4. The van der Waals surface area contributed by atoms with Gasteiger partial charge in [0.2, 0.25) is 0 Å². The molecule has 1 fully saturated rings. The minimum Gasteiger partial charge on any atom is -0.508 e. The van der Waals surface area contributed by atoms with E-state index in [9.17, 15) is 24.9 Å². The Morgan fingerprint density at radius 3 is 2.37 bits per heavy atom. The average Bonchev–Trinajstić information content (AvgIpc) is 2.67. The van der Waals surface area contributed by atoms with Crippen LogP contribution in [0.25, 0.3) is 0 Å². The lowest BCUT2D eigenvalue weighted by Gasteiger charge is -2.59. The number of aromatic hydroxyl groups is 1. The first kappa shape index (κ1) is 22.6. The van der Waals surface area contributed by atoms with Gasteiger partial charge in [0.15, 0.2) is 0 Å². The lowest BCUT2D eigenvalue weighted by Crippen LogP contribution is -2.64. The Balaban J connectivity index is 2.35. The monoisotopic (exact) mass is 420 g/mol. The minimum atomic E-state index is -1.26. The quantitative estimate of drug-likeness (QED) is 0.644. The highest BCUT2D eigenvalue weighted by Gasteiger charge is 2.66. The molecule has 3 rings (SSSR count). The van der Waals surface area contributed by atoms with E-state index in [1.54, 1.807) is 26.0 Å². The number of aliphatic hydroxyl groups is 2. The molecule has 6 atom stereocenters. The predicted molar refractivity (Wildman–Crippen MR) is 109 cm³/mol. The van der Waals surface area contributed by atoms with Crippen LogP contribution in [0.1, 0.15) is 76.2 Å². The van der Waals surface area contributed by atoms with Crippen molar-refractivity contribution in [2.24, 2.45) is 11.3 Å². The topological polar surface area (TPSA) is 113 Å². The molecule has 0 radical (unpaired) electrons. The summed E-state index contributed by atoms with van der Waals surface area (Å²) in [7, 11) is 1.29. The van der Waals surface area contributed by atoms with Crippen molar-refractivity contribution in [2.75, 3.05) is 7.11 Å². The smallest absolute Gasteiger partial charge is 0.311 e. The van der Waals surface area contributed by atoms with Gasteiger partial charge in [-0.15, -0.1) is 0 Å². The summed E-state index contributed by atoms with van der Waals surface area (Å²) in [5, 5.41) is 33.5. The second-order valence-corrected chi connectivity index (χ2v) is 9.40. The van der Waals surface area contributed by atoms with E-state index in [0.29, 0.717) is 24.0 Å². The van der Waals surface area contributed by atoms with Gasteiger partial charge in [0.25, 0.3) is 0 Å². The summed E-state index contributed by atoms with van der Waals surface area (Å²) in [5.41, 5.74) is -0.651. The maximum atomic E-state index is 12.9. The van der Waals surface area contributed by atoms with Gasteiger partial charge in [-0.3, -0.25) is 9.59 Å². The summed E-state index contributed by atoms with van der Waals surface area (Å²) >= 11 is 0. The third-order valence-corrected chi connectivity index (χ3v) is 7.25. The molecule has 2 aliphatic rings. The molecule has 30 heavy (non-hydrogen) atoms. The van der Waals surface area contributed by atoms with Crippen LogP contribution in [-0.2, 0) is 24.5 Å². The fraction of sp³-hybridized carbons (Fsp3) is 0.652. The normalized spacial score (nSPS) is 35.4. The van der Waals surface area contributed by atoms with Gasteiger partial charge in [-0.1, -0.05) is 26.8 Å². The fourth-order valence-electron chi connectivity index (χ4n) is 5.76. The number of carbonyl (C=O) groups excluding carboxylic acids is 2. The highest BCUT2D eigenvalue weighted by atomic mass is 16.6. The summed E-state index contributed by atoms with van der Waals surface area (Å²) in [5.74, 6) is -1.86. The molecule has 3 N–H and O–H groups in total. The Morgan fingerprint density at radius 1 is 1.20 bits per heavy atom. The van der Waals surface area contributed by atoms with E-state index < -0.39 is 47.0 Å². The lowest BCUT2D eigenvalue weighted by atomic mass is 9.47. The Kier molecular flexibility index (Phi) is 5.67. The average molecular weight is 421 g/mol. The van der Waals surface area contributed by atoms with E-state index in [0.717, 1.165) is 5.56 Å². The van der Waals surface area contributed by atoms with Crippen molar-refractivity contribution in [1.29, 1.82) is 0 Å². The number of aliphatic hydroxyl groups excluding tert-OH is 2. The number of phenols is 1. The number of rotatable bonds is 3. The second kappa shape index (κ2) is 7.54. The molecule has 7 heteroatoms.